The van der Waals surface area contributed by atoms with E-state index in [2.05, 4.69) is 25.1 Å². The third kappa shape index (κ3) is 2.49. The molecule has 0 atom stereocenters. The van der Waals surface area contributed by atoms with Gasteiger partial charge in [-0.3, -0.25) is 4.90 Å². The number of hydrogen-bond acceptors (Lipinski definition) is 7. The molecule has 0 aromatic carbocycles. The second-order valence-corrected chi connectivity index (χ2v) is 5.19. The quantitative estimate of drug-likeness (QED) is 0.819. The van der Waals surface area contributed by atoms with Gasteiger partial charge in [-0.05, 0) is 0 Å². The molecule has 2 aromatic rings. The van der Waals surface area contributed by atoms with E-state index in [1.165, 1.54) is 5.56 Å². The number of hydrogen-bond donors (Lipinski definition) is 0. The summed E-state index contributed by atoms with van der Waals surface area (Å²) in [6, 6.07) is 0. The van der Waals surface area contributed by atoms with E-state index in [-0.39, 0.29) is 0 Å². The van der Waals surface area contributed by atoms with Crippen LogP contribution in [0.15, 0.2) is 10.7 Å². The smallest absolute Gasteiger partial charge is 0.230 e. The fourth-order valence-corrected chi connectivity index (χ4v) is 2.50. The standard InChI is InChI=1S/C13H18N6O/c1-9-16-17-12(20-9)7-19-5-4-11-10(6-19)13(18(2)3)15-8-14-11/h8H,4-7H2,1-3H3. The molecule has 1 aliphatic heterocycles. The molecule has 7 nitrogen and oxygen atoms in total. The molecule has 0 saturated heterocycles. The van der Waals surface area contributed by atoms with Crippen LogP contribution in [0.3, 0.4) is 0 Å². The van der Waals surface area contributed by atoms with E-state index in [0.29, 0.717) is 18.3 Å². The maximum absolute atomic E-state index is 5.45. The molecule has 0 spiro atoms. The van der Waals surface area contributed by atoms with E-state index in [0.717, 1.165) is 31.0 Å². The lowest BCUT2D eigenvalue weighted by atomic mass is 10.1. The average Bonchev–Trinajstić information content (AvgIpc) is 2.83. The summed E-state index contributed by atoms with van der Waals surface area (Å²) in [5.41, 5.74) is 2.33. The molecule has 3 rings (SSSR count). The Morgan fingerprint density at radius 2 is 2.15 bits per heavy atom. The van der Waals surface area contributed by atoms with E-state index < -0.39 is 0 Å². The predicted molar refractivity (Wildman–Crippen MR) is 73.2 cm³/mol. The predicted octanol–water partition coefficient (Wildman–Crippen LogP) is 0.792. The van der Waals surface area contributed by atoms with Crippen LogP contribution < -0.4 is 4.90 Å². The largest absolute Gasteiger partial charge is 0.424 e. The van der Waals surface area contributed by atoms with Gasteiger partial charge in [0.25, 0.3) is 0 Å². The highest BCUT2D eigenvalue weighted by atomic mass is 16.4. The van der Waals surface area contributed by atoms with Gasteiger partial charge in [-0.15, -0.1) is 10.2 Å². The lowest BCUT2D eigenvalue weighted by molar-refractivity contribution is 0.218. The zero-order valence-electron chi connectivity index (χ0n) is 12.0. The van der Waals surface area contributed by atoms with Gasteiger partial charge < -0.3 is 9.32 Å². The molecule has 0 aliphatic carbocycles. The third-order valence-corrected chi connectivity index (χ3v) is 3.41. The maximum atomic E-state index is 5.45. The molecular weight excluding hydrogens is 256 g/mol. The zero-order valence-corrected chi connectivity index (χ0v) is 12.0. The van der Waals surface area contributed by atoms with Crippen molar-refractivity contribution in [1.29, 1.82) is 0 Å². The van der Waals surface area contributed by atoms with E-state index >= 15 is 0 Å². The Kier molecular flexibility index (Phi) is 3.35. The summed E-state index contributed by atoms with van der Waals surface area (Å²) in [6.45, 7) is 4.23. The minimum Gasteiger partial charge on any atom is -0.424 e. The van der Waals surface area contributed by atoms with Crippen LogP contribution in [0.5, 0.6) is 0 Å². The van der Waals surface area contributed by atoms with Gasteiger partial charge >= 0.3 is 0 Å². The first-order valence-electron chi connectivity index (χ1n) is 6.65. The second-order valence-electron chi connectivity index (χ2n) is 5.19. The summed E-state index contributed by atoms with van der Waals surface area (Å²) < 4.78 is 5.45. The van der Waals surface area contributed by atoms with Crippen LogP contribution in [0.4, 0.5) is 5.82 Å². The highest BCUT2D eigenvalue weighted by Gasteiger charge is 2.23. The summed E-state index contributed by atoms with van der Waals surface area (Å²) >= 11 is 0. The van der Waals surface area contributed by atoms with Crippen LogP contribution in [0, 0.1) is 6.92 Å². The Morgan fingerprint density at radius 1 is 1.30 bits per heavy atom. The number of rotatable bonds is 3. The van der Waals surface area contributed by atoms with Gasteiger partial charge in [-0.1, -0.05) is 0 Å². The van der Waals surface area contributed by atoms with Gasteiger partial charge in [0, 0.05) is 46.1 Å². The van der Waals surface area contributed by atoms with E-state index in [9.17, 15) is 0 Å². The molecule has 1 aliphatic rings. The van der Waals surface area contributed by atoms with Crippen LogP contribution in [-0.4, -0.2) is 45.7 Å². The van der Waals surface area contributed by atoms with Crippen LogP contribution >= 0.6 is 0 Å². The Balaban J connectivity index is 1.80. The molecule has 0 N–H and O–H groups in total. The van der Waals surface area contributed by atoms with Crippen molar-refractivity contribution in [2.45, 2.75) is 26.4 Å². The minimum absolute atomic E-state index is 0.606. The molecule has 106 valence electrons. The molecule has 3 heterocycles. The topological polar surface area (TPSA) is 71.2 Å². The first kappa shape index (κ1) is 13.0. The molecule has 0 unspecified atom stereocenters. The molecule has 7 heteroatoms. The summed E-state index contributed by atoms with van der Waals surface area (Å²) in [6.07, 6.45) is 2.57. The zero-order chi connectivity index (χ0) is 14.1. The summed E-state index contributed by atoms with van der Waals surface area (Å²) in [7, 11) is 4.01. The Morgan fingerprint density at radius 3 is 2.85 bits per heavy atom. The fourth-order valence-electron chi connectivity index (χ4n) is 2.50. The monoisotopic (exact) mass is 274 g/mol. The van der Waals surface area contributed by atoms with Gasteiger partial charge in [0.1, 0.15) is 12.1 Å². The van der Waals surface area contributed by atoms with Gasteiger partial charge in [0.2, 0.25) is 11.8 Å². The van der Waals surface area contributed by atoms with Crippen molar-refractivity contribution in [1.82, 2.24) is 25.1 Å². The number of anilines is 1. The normalized spacial score (nSPS) is 15.2. The number of nitrogens with zero attached hydrogens (tertiary/aromatic N) is 6. The molecular formula is C13H18N6O. The number of aromatic nitrogens is 4. The Bertz CT molecular complexity index is 609. The molecule has 2 aromatic heterocycles. The van der Waals surface area contributed by atoms with Crippen molar-refractivity contribution in [2.24, 2.45) is 0 Å². The van der Waals surface area contributed by atoms with E-state index in [4.69, 9.17) is 4.42 Å². The highest BCUT2D eigenvalue weighted by Crippen LogP contribution is 2.25. The van der Waals surface area contributed by atoms with Gasteiger partial charge in [0.05, 0.1) is 12.2 Å². The van der Waals surface area contributed by atoms with Gasteiger partial charge in [-0.25, -0.2) is 9.97 Å². The third-order valence-electron chi connectivity index (χ3n) is 3.41. The fraction of sp³-hybridized carbons (Fsp3) is 0.538. The minimum atomic E-state index is 0.606. The van der Waals surface area contributed by atoms with Gasteiger partial charge in [0.15, 0.2) is 0 Å². The van der Waals surface area contributed by atoms with Crippen molar-refractivity contribution in [3.63, 3.8) is 0 Å². The van der Waals surface area contributed by atoms with Crippen LogP contribution in [0.2, 0.25) is 0 Å². The second kappa shape index (κ2) is 5.16. The summed E-state index contributed by atoms with van der Waals surface area (Å²) in [4.78, 5) is 13.1. The van der Waals surface area contributed by atoms with Crippen LogP contribution in [0.1, 0.15) is 23.0 Å². The Hall–Kier alpha value is -2.02. The first-order valence-corrected chi connectivity index (χ1v) is 6.65. The number of aryl methyl sites for hydroxylation is 1. The Labute approximate surface area is 117 Å². The SMILES string of the molecule is Cc1nnc(CN2CCc3ncnc(N(C)C)c3C2)o1. The number of fused-ring (bicyclic) bond motifs is 1. The van der Waals surface area contributed by atoms with Crippen molar-refractivity contribution < 1.29 is 4.42 Å². The summed E-state index contributed by atoms with van der Waals surface area (Å²) in [5, 5.41) is 7.92. The van der Waals surface area contributed by atoms with Gasteiger partial charge in [-0.2, -0.15) is 0 Å². The van der Waals surface area contributed by atoms with Crippen molar-refractivity contribution >= 4 is 5.82 Å². The molecule has 0 radical (unpaired) electrons. The highest BCUT2D eigenvalue weighted by molar-refractivity contribution is 5.48. The molecule has 0 fully saturated rings. The molecule has 0 bridgehead atoms. The summed E-state index contributed by atoms with van der Waals surface area (Å²) in [5.74, 6) is 2.25. The molecule has 0 amide bonds. The maximum Gasteiger partial charge on any atom is 0.230 e. The molecule has 20 heavy (non-hydrogen) atoms. The van der Waals surface area contributed by atoms with Crippen LogP contribution in [0.25, 0.3) is 0 Å². The van der Waals surface area contributed by atoms with E-state index in [1.807, 2.05) is 19.0 Å². The van der Waals surface area contributed by atoms with E-state index in [1.54, 1.807) is 13.3 Å². The average molecular weight is 274 g/mol. The first-order chi connectivity index (χ1) is 9.63. The van der Waals surface area contributed by atoms with Crippen molar-refractivity contribution in [3.8, 4) is 0 Å². The van der Waals surface area contributed by atoms with Crippen molar-refractivity contribution in [2.75, 3.05) is 25.5 Å². The lowest BCUT2D eigenvalue weighted by Gasteiger charge is -2.29. The lowest BCUT2D eigenvalue weighted by Crippen LogP contribution is -2.32. The molecule has 0 saturated carbocycles. The van der Waals surface area contributed by atoms with Crippen molar-refractivity contribution in [3.05, 3.63) is 29.4 Å². The van der Waals surface area contributed by atoms with Crippen LogP contribution in [-0.2, 0) is 19.5 Å².